The molecule has 1 atom stereocenters. The highest BCUT2D eigenvalue weighted by Gasteiger charge is 2.22. The van der Waals surface area contributed by atoms with Crippen LogP contribution in [0.25, 0.3) is 10.9 Å². The summed E-state index contributed by atoms with van der Waals surface area (Å²) in [5, 5.41) is 6.36. The number of hydrogen-bond donors (Lipinski definition) is 2. The van der Waals surface area contributed by atoms with E-state index in [1.54, 1.807) is 0 Å². The van der Waals surface area contributed by atoms with E-state index in [0.717, 1.165) is 16.5 Å². The van der Waals surface area contributed by atoms with Crippen molar-refractivity contribution in [2.75, 3.05) is 33.1 Å². The van der Waals surface area contributed by atoms with Gasteiger partial charge in [-0.3, -0.25) is 9.59 Å². The van der Waals surface area contributed by atoms with E-state index < -0.39 is 17.8 Å². The number of carbonyl (C=O) groups is 3. The third-order valence-corrected chi connectivity index (χ3v) is 5.14. The van der Waals surface area contributed by atoms with Crippen molar-refractivity contribution in [3.63, 3.8) is 0 Å². The Kier molecular flexibility index (Phi) is 6.71. The number of aryl methyl sites for hydroxylation is 1. The third-order valence-electron chi connectivity index (χ3n) is 5.14. The summed E-state index contributed by atoms with van der Waals surface area (Å²) >= 11 is 0. The molecular formula is C23H26N4O4. The Morgan fingerprint density at radius 3 is 2.35 bits per heavy atom. The Morgan fingerprint density at radius 2 is 1.71 bits per heavy atom. The first-order valence-electron chi connectivity index (χ1n) is 9.79. The van der Waals surface area contributed by atoms with Gasteiger partial charge < -0.3 is 24.8 Å². The van der Waals surface area contributed by atoms with E-state index >= 15 is 0 Å². The van der Waals surface area contributed by atoms with E-state index in [1.807, 2.05) is 61.1 Å². The molecule has 8 heteroatoms. The Labute approximate surface area is 180 Å². The van der Waals surface area contributed by atoms with Crippen LogP contribution in [0.1, 0.15) is 22.0 Å². The van der Waals surface area contributed by atoms with Gasteiger partial charge in [0.05, 0.1) is 18.7 Å². The zero-order chi connectivity index (χ0) is 22.5. The molecule has 8 nitrogen and oxygen atoms in total. The number of fused-ring (bicyclic) bond motifs is 1. The number of amides is 2. The standard InChI is InChI=1S/C23H26N4O4/c1-26(2)20(18-14-27(3)19-8-6-5-7-17(18)19)13-24-21(28)22(29)25-16-11-9-15(10-12-16)23(30)31-4/h5-12,14,20H,13H2,1-4H3,(H,24,28)(H,25,29)/t20-/m1/s1. The monoisotopic (exact) mass is 422 g/mol. The summed E-state index contributed by atoms with van der Waals surface area (Å²) in [5.74, 6) is -1.98. The first kappa shape index (κ1) is 22.0. The number of aromatic nitrogens is 1. The van der Waals surface area contributed by atoms with Crippen LogP contribution in [-0.4, -0.2) is 55.0 Å². The minimum Gasteiger partial charge on any atom is -0.465 e. The molecule has 1 heterocycles. The predicted molar refractivity (Wildman–Crippen MR) is 119 cm³/mol. The smallest absolute Gasteiger partial charge is 0.337 e. The summed E-state index contributed by atoms with van der Waals surface area (Å²) < 4.78 is 6.69. The number of methoxy groups -OCH3 is 1. The number of hydrogen-bond acceptors (Lipinski definition) is 5. The van der Waals surface area contributed by atoms with E-state index in [9.17, 15) is 14.4 Å². The van der Waals surface area contributed by atoms with E-state index in [2.05, 4.69) is 15.4 Å². The second-order valence-corrected chi connectivity index (χ2v) is 7.42. The van der Waals surface area contributed by atoms with Crippen LogP contribution < -0.4 is 10.6 Å². The first-order chi connectivity index (χ1) is 14.8. The Balaban J connectivity index is 1.66. The third kappa shape index (κ3) is 4.92. The van der Waals surface area contributed by atoms with Crippen molar-refractivity contribution in [3.8, 4) is 0 Å². The lowest BCUT2D eigenvalue weighted by Crippen LogP contribution is -2.40. The maximum atomic E-state index is 12.4. The first-order valence-corrected chi connectivity index (χ1v) is 9.79. The molecule has 0 aliphatic carbocycles. The van der Waals surface area contributed by atoms with Crippen LogP contribution in [0, 0.1) is 0 Å². The average molecular weight is 422 g/mol. The van der Waals surface area contributed by atoms with Gasteiger partial charge in [-0.25, -0.2) is 4.79 Å². The van der Waals surface area contributed by atoms with Gasteiger partial charge in [0.15, 0.2) is 0 Å². The predicted octanol–water partition coefficient (Wildman–Crippen LogP) is 2.32. The highest BCUT2D eigenvalue weighted by Crippen LogP contribution is 2.28. The van der Waals surface area contributed by atoms with E-state index in [4.69, 9.17) is 0 Å². The highest BCUT2D eigenvalue weighted by molar-refractivity contribution is 6.39. The molecule has 0 fully saturated rings. The summed E-state index contributed by atoms with van der Waals surface area (Å²) in [6.07, 6.45) is 2.05. The number of likely N-dealkylation sites (N-methyl/N-ethyl adjacent to an activating group) is 1. The minimum absolute atomic E-state index is 0.109. The largest absolute Gasteiger partial charge is 0.465 e. The van der Waals surface area contributed by atoms with Gasteiger partial charge in [0, 0.05) is 36.4 Å². The van der Waals surface area contributed by atoms with Gasteiger partial charge in [-0.2, -0.15) is 0 Å². The van der Waals surface area contributed by atoms with E-state index in [0.29, 0.717) is 11.3 Å². The lowest BCUT2D eigenvalue weighted by molar-refractivity contribution is -0.136. The number of esters is 1. The number of benzene rings is 2. The fourth-order valence-electron chi connectivity index (χ4n) is 3.47. The SMILES string of the molecule is COC(=O)c1ccc(NC(=O)C(=O)NC[C@H](c2cn(C)c3ccccc23)N(C)C)cc1. The number of ether oxygens (including phenoxy) is 1. The highest BCUT2D eigenvalue weighted by atomic mass is 16.5. The van der Waals surface area contributed by atoms with Gasteiger partial charge in [-0.1, -0.05) is 18.2 Å². The van der Waals surface area contributed by atoms with Gasteiger partial charge >= 0.3 is 17.8 Å². The molecule has 0 unspecified atom stereocenters. The second kappa shape index (κ2) is 9.44. The second-order valence-electron chi connectivity index (χ2n) is 7.42. The molecular weight excluding hydrogens is 396 g/mol. The molecule has 2 N–H and O–H groups in total. The van der Waals surface area contributed by atoms with Crippen molar-refractivity contribution in [1.82, 2.24) is 14.8 Å². The molecule has 1 aromatic heterocycles. The molecule has 2 amide bonds. The zero-order valence-electron chi connectivity index (χ0n) is 18.0. The lowest BCUT2D eigenvalue weighted by atomic mass is 10.0. The number of nitrogens with one attached hydrogen (secondary N) is 2. The number of para-hydroxylation sites is 1. The Bertz CT molecular complexity index is 1100. The molecule has 31 heavy (non-hydrogen) atoms. The van der Waals surface area contributed by atoms with E-state index in [1.165, 1.54) is 31.4 Å². The normalized spacial score (nSPS) is 11.9. The number of carbonyl (C=O) groups excluding carboxylic acids is 3. The maximum Gasteiger partial charge on any atom is 0.337 e. The summed E-state index contributed by atoms with van der Waals surface area (Å²) in [4.78, 5) is 38.2. The average Bonchev–Trinajstić information content (AvgIpc) is 3.10. The van der Waals surface area contributed by atoms with Crippen molar-refractivity contribution in [1.29, 1.82) is 0 Å². The maximum absolute atomic E-state index is 12.4. The molecule has 0 saturated heterocycles. The summed E-state index contributed by atoms with van der Waals surface area (Å²) in [6.45, 7) is 0.272. The Morgan fingerprint density at radius 1 is 1.03 bits per heavy atom. The van der Waals surface area contributed by atoms with Gasteiger partial charge in [-0.05, 0) is 50.0 Å². The number of anilines is 1. The summed E-state index contributed by atoms with van der Waals surface area (Å²) in [6, 6.07) is 14.1. The van der Waals surface area contributed by atoms with Crippen LogP contribution in [0.5, 0.6) is 0 Å². The van der Waals surface area contributed by atoms with Crippen LogP contribution in [-0.2, 0) is 21.4 Å². The van der Waals surface area contributed by atoms with Crippen LogP contribution in [0.4, 0.5) is 5.69 Å². The molecule has 0 radical (unpaired) electrons. The van der Waals surface area contributed by atoms with Gasteiger partial charge in [-0.15, -0.1) is 0 Å². The van der Waals surface area contributed by atoms with Gasteiger partial charge in [0.1, 0.15) is 0 Å². The van der Waals surface area contributed by atoms with Crippen LogP contribution in [0.15, 0.2) is 54.7 Å². The number of rotatable bonds is 6. The van der Waals surface area contributed by atoms with E-state index in [-0.39, 0.29) is 12.6 Å². The van der Waals surface area contributed by atoms with Gasteiger partial charge in [0.2, 0.25) is 0 Å². The molecule has 3 rings (SSSR count). The molecule has 0 aliphatic heterocycles. The van der Waals surface area contributed by atoms with Crippen molar-refractivity contribution < 1.29 is 19.1 Å². The molecule has 0 spiro atoms. The van der Waals surface area contributed by atoms with Crippen LogP contribution >= 0.6 is 0 Å². The minimum atomic E-state index is -0.777. The fraction of sp³-hybridized carbons (Fsp3) is 0.261. The molecule has 0 aliphatic rings. The van der Waals surface area contributed by atoms with Crippen molar-refractivity contribution >= 4 is 34.4 Å². The molecule has 0 saturated carbocycles. The molecule has 3 aromatic rings. The van der Waals surface area contributed by atoms with Gasteiger partial charge in [0.25, 0.3) is 0 Å². The quantitative estimate of drug-likeness (QED) is 0.470. The van der Waals surface area contributed by atoms with Crippen LogP contribution in [0.3, 0.4) is 0 Å². The lowest BCUT2D eigenvalue weighted by Gasteiger charge is -2.24. The Hall–Kier alpha value is -3.65. The number of nitrogens with zero attached hydrogens (tertiary/aromatic N) is 2. The summed E-state index contributed by atoms with van der Waals surface area (Å²) in [5.41, 5.74) is 2.94. The van der Waals surface area contributed by atoms with Crippen molar-refractivity contribution in [2.24, 2.45) is 7.05 Å². The fourth-order valence-corrected chi connectivity index (χ4v) is 3.47. The molecule has 0 bridgehead atoms. The topological polar surface area (TPSA) is 92.7 Å². The molecule has 2 aromatic carbocycles. The zero-order valence-corrected chi connectivity index (χ0v) is 18.0. The van der Waals surface area contributed by atoms with Crippen molar-refractivity contribution in [2.45, 2.75) is 6.04 Å². The summed E-state index contributed by atoms with van der Waals surface area (Å²) in [7, 11) is 7.14. The van der Waals surface area contributed by atoms with Crippen LogP contribution in [0.2, 0.25) is 0 Å². The van der Waals surface area contributed by atoms with Crippen molar-refractivity contribution in [3.05, 3.63) is 65.9 Å². The molecule has 162 valence electrons.